The number of rotatable bonds is 4. The molecule has 24 heavy (non-hydrogen) atoms. The quantitative estimate of drug-likeness (QED) is 0.867. The van der Waals surface area contributed by atoms with Gasteiger partial charge in [0.25, 0.3) is 0 Å². The average molecular weight is 348 g/mol. The van der Waals surface area contributed by atoms with E-state index in [-0.39, 0.29) is 5.92 Å². The molecule has 3 rings (SSSR count). The number of nitriles is 1. The second-order valence-corrected chi connectivity index (χ2v) is 8.96. The molecule has 1 aliphatic carbocycles. The zero-order valence-electron chi connectivity index (χ0n) is 14.3. The van der Waals surface area contributed by atoms with Gasteiger partial charge in [0.1, 0.15) is 0 Å². The van der Waals surface area contributed by atoms with Crippen molar-refractivity contribution in [3.63, 3.8) is 0 Å². The normalized spacial score (nSPS) is 21.0. The number of nitrogens with one attached hydrogen (secondary N) is 1. The number of hydrogen-bond donors (Lipinski definition) is 1. The molecule has 1 aromatic carbocycles. The van der Waals surface area contributed by atoms with Gasteiger partial charge in [0.15, 0.2) is 0 Å². The van der Waals surface area contributed by atoms with Gasteiger partial charge in [0.05, 0.1) is 49.6 Å². The summed E-state index contributed by atoms with van der Waals surface area (Å²) in [5.41, 5.74) is 2.51. The first kappa shape index (κ1) is 17.4. The molecule has 1 saturated heterocycles. The third-order valence-corrected chi connectivity index (χ3v) is 7.10. The average Bonchev–Trinajstić information content (AvgIpc) is 2.61. The van der Waals surface area contributed by atoms with E-state index in [1.54, 1.807) is 10.4 Å². The molecule has 6 heteroatoms. The minimum absolute atomic E-state index is 0.0174. The first-order valence-electron chi connectivity index (χ1n) is 8.86. The summed E-state index contributed by atoms with van der Waals surface area (Å²) in [4.78, 5) is 1.76. The summed E-state index contributed by atoms with van der Waals surface area (Å²) >= 11 is 0. The monoisotopic (exact) mass is 348 g/mol. The second kappa shape index (κ2) is 7.22. The van der Waals surface area contributed by atoms with E-state index in [4.69, 9.17) is 5.26 Å². The minimum atomic E-state index is -3.40. The Morgan fingerprint density at radius 3 is 2.54 bits per heavy atom. The number of sulfonamides is 1. The predicted octanol–water partition coefficient (Wildman–Crippen LogP) is 0.614. The van der Waals surface area contributed by atoms with E-state index < -0.39 is 10.0 Å². The van der Waals surface area contributed by atoms with E-state index in [0.29, 0.717) is 18.0 Å². The lowest BCUT2D eigenvalue weighted by molar-refractivity contribution is -0.905. The van der Waals surface area contributed by atoms with Crippen LogP contribution in [0.25, 0.3) is 0 Å². The van der Waals surface area contributed by atoms with Gasteiger partial charge in [-0.25, -0.2) is 8.42 Å². The van der Waals surface area contributed by atoms with Gasteiger partial charge >= 0.3 is 0 Å². The van der Waals surface area contributed by atoms with Gasteiger partial charge in [-0.3, -0.25) is 0 Å². The van der Waals surface area contributed by atoms with Crippen LogP contribution in [-0.2, 0) is 22.9 Å². The topological polar surface area (TPSA) is 65.6 Å². The van der Waals surface area contributed by atoms with Crippen molar-refractivity contribution in [2.75, 3.05) is 32.7 Å². The first-order chi connectivity index (χ1) is 11.5. The van der Waals surface area contributed by atoms with E-state index >= 15 is 0 Å². The van der Waals surface area contributed by atoms with Gasteiger partial charge in [0, 0.05) is 0 Å². The molecule has 0 spiro atoms. The van der Waals surface area contributed by atoms with E-state index in [2.05, 4.69) is 6.07 Å². The molecule has 0 bridgehead atoms. The van der Waals surface area contributed by atoms with Crippen LogP contribution in [-0.4, -0.2) is 45.4 Å². The highest BCUT2D eigenvalue weighted by atomic mass is 32.2. The second-order valence-electron chi connectivity index (χ2n) is 7.03. The molecule has 1 heterocycles. The lowest BCUT2D eigenvalue weighted by Gasteiger charge is -2.32. The summed E-state index contributed by atoms with van der Waals surface area (Å²) in [6.45, 7) is 5.33. The third-order valence-electron chi connectivity index (χ3n) is 5.20. The van der Waals surface area contributed by atoms with Crippen LogP contribution in [0.3, 0.4) is 0 Å². The summed E-state index contributed by atoms with van der Waals surface area (Å²) in [7, 11) is -3.40. The van der Waals surface area contributed by atoms with Crippen molar-refractivity contribution in [1.82, 2.24) is 4.31 Å². The number of hydrogen-bond acceptors (Lipinski definition) is 3. The maximum Gasteiger partial charge on any atom is 0.243 e. The molecule has 0 aromatic heterocycles. The Bertz CT molecular complexity index is 731. The van der Waals surface area contributed by atoms with Crippen molar-refractivity contribution >= 4 is 10.0 Å². The highest BCUT2D eigenvalue weighted by molar-refractivity contribution is 7.89. The zero-order valence-corrected chi connectivity index (χ0v) is 15.1. The van der Waals surface area contributed by atoms with Crippen molar-refractivity contribution in [3.8, 4) is 6.07 Å². The number of quaternary nitrogens is 1. The minimum Gasteiger partial charge on any atom is -0.332 e. The Labute approximate surface area is 144 Å². The number of nitrogens with zero attached hydrogens (tertiary/aromatic N) is 2. The van der Waals surface area contributed by atoms with Crippen molar-refractivity contribution in [1.29, 1.82) is 5.26 Å². The summed E-state index contributed by atoms with van der Waals surface area (Å²) in [6.07, 6.45) is 4.40. The number of aryl methyl sites for hydroxylation is 2. The molecule has 1 aliphatic heterocycles. The van der Waals surface area contributed by atoms with Gasteiger partial charge in [0.2, 0.25) is 10.0 Å². The largest absolute Gasteiger partial charge is 0.332 e. The summed E-state index contributed by atoms with van der Waals surface area (Å²) in [5, 5.41) is 8.92. The Morgan fingerprint density at radius 1 is 1.21 bits per heavy atom. The van der Waals surface area contributed by atoms with Crippen molar-refractivity contribution in [2.24, 2.45) is 5.92 Å². The molecule has 130 valence electrons. The lowest BCUT2D eigenvalue weighted by atomic mass is 9.92. The maximum absolute atomic E-state index is 12.9. The van der Waals surface area contributed by atoms with E-state index in [1.807, 2.05) is 19.1 Å². The number of piperazine rings is 1. The Hall–Kier alpha value is -1.42. The fraction of sp³-hybridized carbons (Fsp3) is 0.611. The highest BCUT2D eigenvalue weighted by Gasteiger charge is 2.31. The molecular weight excluding hydrogens is 322 g/mol. The first-order valence-corrected chi connectivity index (χ1v) is 10.3. The molecular formula is C18H26N3O2S+. The molecule has 2 aliphatic rings. The molecule has 0 amide bonds. The van der Waals surface area contributed by atoms with Crippen molar-refractivity contribution in [2.45, 2.75) is 37.5 Å². The van der Waals surface area contributed by atoms with Crippen LogP contribution in [0, 0.1) is 17.2 Å². The van der Waals surface area contributed by atoms with E-state index in [9.17, 15) is 8.42 Å². The molecule has 1 aromatic rings. The smallest absolute Gasteiger partial charge is 0.243 e. The predicted molar refractivity (Wildman–Crippen MR) is 92.2 cm³/mol. The Morgan fingerprint density at radius 2 is 1.88 bits per heavy atom. The maximum atomic E-state index is 12.9. The van der Waals surface area contributed by atoms with Crippen LogP contribution in [0.1, 0.15) is 30.9 Å². The van der Waals surface area contributed by atoms with Crippen LogP contribution in [0.4, 0.5) is 0 Å². The van der Waals surface area contributed by atoms with E-state index in [0.717, 1.165) is 38.9 Å². The fourth-order valence-corrected chi connectivity index (χ4v) is 5.24. The Balaban J connectivity index is 1.70. The highest BCUT2D eigenvalue weighted by Crippen LogP contribution is 2.25. The van der Waals surface area contributed by atoms with Gasteiger partial charge in [-0.15, -0.1) is 0 Å². The van der Waals surface area contributed by atoms with Crippen LogP contribution in [0.15, 0.2) is 23.1 Å². The molecule has 1 N–H and O–H groups in total. The van der Waals surface area contributed by atoms with Crippen LogP contribution in [0.5, 0.6) is 0 Å². The molecule has 1 atom stereocenters. The SMILES string of the molecule is C[C@H](C#N)C[NH+]1CCN(S(=O)(=O)c2ccc3c(c2)CCCC3)CC1. The van der Waals surface area contributed by atoms with Gasteiger partial charge in [-0.05, 0) is 55.9 Å². The molecule has 0 unspecified atom stereocenters. The van der Waals surface area contributed by atoms with Gasteiger partial charge < -0.3 is 4.90 Å². The molecule has 5 nitrogen and oxygen atoms in total. The van der Waals surface area contributed by atoms with Crippen molar-refractivity contribution in [3.05, 3.63) is 29.3 Å². The Kier molecular flexibility index (Phi) is 5.24. The fourth-order valence-electron chi connectivity index (χ4n) is 3.74. The summed E-state index contributed by atoms with van der Waals surface area (Å²) in [5.74, 6) is 0.0174. The lowest BCUT2D eigenvalue weighted by Crippen LogP contribution is -3.15. The third kappa shape index (κ3) is 3.64. The number of fused-ring (bicyclic) bond motifs is 1. The van der Waals surface area contributed by atoms with Crippen molar-refractivity contribution < 1.29 is 13.3 Å². The van der Waals surface area contributed by atoms with Gasteiger partial charge in [-0.1, -0.05) is 6.07 Å². The van der Waals surface area contributed by atoms with Crippen LogP contribution in [0.2, 0.25) is 0 Å². The molecule has 0 saturated carbocycles. The summed E-state index contributed by atoms with van der Waals surface area (Å²) in [6, 6.07) is 7.92. The number of benzene rings is 1. The van der Waals surface area contributed by atoms with Crippen LogP contribution >= 0.6 is 0 Å². The standard InChI is InChI=1S/C18H25N3O2S/c1-15(13-19)14-20-8-10-21(11-9-20)24(22,23)18-7-6-16-4-2-3-5-17(16)12-18/h6-7,12,15H,2-5,8-11,14H2,1H3/p+1/t15-/m1/s1. The van der Waals surface area contributed by atoms with E-state index in [1.165, 1.54) is 22.4 Å². The van der Waals surface area contributed by atoms with Gasteiger partial charge in [-0.2, -0.15) is 9.57 Å². The molecule has 0 radical (unpaired) electrons. The summed E-state index contributed by atoms with van der Waals surface area (Å²) < 4.78 is 27.5. The zero-order chi connectivity index (χ0) is 17.2. The molecule has 1 fully saturated rings. The van der Waals surface area contributed by atoms with Crippen LogP contribution < -0.4 is 4.90 Å².